The van der Waals surface area contributed by atoms with Gasteiger partial charge in [0.2, 0.25) is 5.91 Å². The van der Waals surface area contributed by atoms with Crippen molar-refractivity contribution < 1.29 is 9.18 Å². The predicted octanol–water partition coefficient (Wildman–Crippen LogP) is 3.26. The van der Waals surface area contributed by atoms with Gasteiger partial charge < -0.3 is 4.90 Å². The molecule has 0 fully saturated rings. The maximum absolute atomic E-state index is 12.9. The number of benzene rings is 1. The summed E-state index contributed by atoms with van der Waals surface area (Å²) in [5.41, 5.74) is 0.922. The fraction of sp³-hybridized carbons (Fsp3) is 0.235. The Morgan fingerprint density at radius 1 is 1.30 bits per heavy atom. The zero-order valence-corrected chi connectivity index (χ0v) is 13.3. The molecule has 0 aliphatic heterocycles. The van der Waals surface area contributed by atoms with Crippen LogP contribution < -0.4 is 0 Å². The van der Waals surface area contributed by atoms with E-state index in [0.717, 1.165) is 10.5 Å². The van der Waals surface area contributed by atoms with Crippen LogP contribution >= 0.6 is 11.8 Å². The first-order chi connectivity index (χ1) is 11.2. The lowest BCUT2D eigenvalue weighted by molar-refractivity contribution is -0.128. The molecule has 0 unspecified atom stereocenters. The summed E-state index contributed by atoms with van der Waals surface area (Å²) < 4.78 is 12.9. The molecule has 1 amide bonds. The van der Waals surface area contributed by atoms with Gasteiger partial charge in [0.25, 0.3) is 0 Å². The Morgan fingerprint density at radius 3 is 2.74 bits per heavy atom. The van der Waals surface area contributed by atoms with Crippen molar-refractivity contribution in [3.8, 4) is 6.07 Å². The molecule has 0 N–H and O–H groups in total. The van der Waals surface area contributed by atoms with Crippen LogP contribution in [-0.4, -0.2) is 28.1 Å². The Bertz CT molecular complexity index is 670. The third-order valence-electron chi connectivity index (χ3n) is 3.12. The summed E-state index contributed by atoms with van der Waals surface area (Å²) in [4.78, 5) is 18.9. The smallest absolute Gasteiger partial charge is 0.233 e. The highest BCUT2D eigenvalue weighted by atomic mass is 32.2. The van der Waals surface area contributed by atoms with Crippen molar-refractivity contribution in [2.45, 2.75) is 17.9 Å². The van der Waals surface area contributed by atoms with Crippen LogP contribution in [0.25, 0.3) is 0 Å². The summed E-state index contributed by atoms with van der Waals surface area (Å²) >= 11 is 1.35. The Kier molecular flexibility index (Phi) is 6.57. The average molecular weight is 329 g/mol. The third kappa shape index (κ3) is 5.72. The van der Waals surface area contributed by atoms with Gasteiger partial charge in [-0.3, -0.25) is 9.78 Å². The molecule has 118 valence electrons. The highest BCUT2D eigenvalue weighted by Crippen LogP contribution is 2.19. The molecule has 1 aromatic heterocycles. The first-order valence-electron chi connectivity index (χ1n) is 7.11. The van der Waals surface area contributed by atoms with Crippen molar-refractivity contribution in [1.29, 1.82) is 5.26 Å². The van der Waals surface area contributed by atoms with Gasteiger partial charge >= 0.3 is 0 Å². The van der Waals surface area contributed by atoms with Gasteiger partial charge in [0.15, 0.2) is 0 Å². The molecule has 0 saturated heterocycles. The quantitative estimate of drug-likeness (QED) is 0.732. The van der Waals surface area contributed by atoms with Gasteiger partial charge in [-0.25, -0.2) is 4.39 Å². The molecule has 0 spiro atoms. The molecule has 23 heavy (non-hydrogen) atoms. The molecule has 2 rings (SSSR count). The lowest BCUT2D eigenvalue weighted by Crippen LogP contribution is -2.32. The Balaban J connectivity index is 1.95. The highest BCUT2D eigenvalue weighted by molar-refractivity contribution is 8.00. The van der Waals surface area contributed by atoms with E-state index in [9.17, 15) is 9.18 Å². The molecule has 0 atom stereocenters. The Hall–Kier alpha value is -2.39. The van der Waals surface area contributed by atoms with Crippen molar-refractivity contribution >= 4 is 17.7 Å². The van der Waals surface area contributed by atoms with Crippen LogP contribution in [0.4, 0.5) is 4.39 Å². The standard InChI is InChI=1S/C17H16FN3OS/c18-15-4-6-16(7-5-15)23-13-17(22)21(10-2-8-19)12-14-3-1-9-20-11-14/h1,3-7,9,11H,2,10,12-13H2. The molecular formula is C17H16FN3OS. The fourth-order valence-corrected chi connectivity index (χ4v) is 2.76. The average Bonchev–Trinajstić information content (AvgIpc) is 2.58. The minimum Gasteiger partial charge on any atom is -0.337 e. The van der Waals surface area contributed by atoms with Crippen LogP contribution in [-0.2, 0) is 11.3 Å². The Labute approximate surface area is 139 Å². The zero-order chi connectivity index (χ0) is 16.5. The van der Waals surface area contributed by atoms with Gasteiger partial charge in [-0.1, -0.05) is 6.07 Å². The summed E-state index contributed by atoms with van der Waals surface area (Å²) in [6.45, 7) is 0.812. The van der Waals surface area contributed by atoms with Crippen LogP contribution in [0.2, 0.25) is 0 Å². The molecule has 1 aromatic carbocycles. The monoisotopic (exact) mass is 329 g/mol. The number of rotatable bonds is 7. The molecule has 0 saturated carbocycles. The van der Waals surface area contributed by atoms with Crippen molar-refractivity contribution in [2.75, 3.05) is 12.3 Å². The largest absolute Gasteiger partial charge is 0.337 e. The number of nitriles is 1. The maximum Gasteiger partial charge on any atom is 0.233 e. The van der Waals surface area contributed by atoms with Gasteiger partial charge in [-0.05, 0) is 35.9 Å². The SMILES string of the molecule is N#CCCN(Cc1cccnc1)C(=O)CSc1ccc(F)cc1. The minimum absolute atomic E-state index is 0.0570. The van der Waals surface area contributed by atoms with E-state index in [4.69, 9.17) is 5.26 Å². The molecule has 0 aliphatic carbocycles. The number of amides is 1. The zero-order valence-electron chi connectivity index (χ0n) is 12.5. The van der Waals surface area contributed by atoms with E-state index in [0.29, 0.717) is 13.1 Å². The van der Waals surface area contributed by atoms with Crippen molar-refractivity contribution in [3.63, 3.8) is 0 Å². The van der Waals surface area contributed by atoms with Crippen LogP contribution in [0, 0.1) is 17.1 Å². The van der Waals surface area contributed by atoms with E-state index in [2.05, 4.69) is 11.1 Å². The van der Waals surface area contributed by atoms with E-state index in [1.54, 1.807) is 29.4 Å². The molecule has 1 heterocycles. The summed E-state index contributed by atoms with van der Waals surface area (Å²) in [5, 5.41) is 8.76. The number of aromatic nitrogens is 1. The van der Waals surface area contributed by atoms with Gasteiger partial charge in [0.1, 0.15) is 5.82 Å². The third-order valence-corrected chi connectivity index (χ3v) is 4.12. The minimum atomic E-state index is -0.298. The number of pyridine rings is 1. The number of hydrogen-bond acceptors (Lipinski definition) is 4. The normalized spacial score (nSPS) is 10.1. The van der Waals surface area contributed by atoms with Crippen molar-refractivity contribution in [2.24, 2.45) is 0 Å². The van der Waals surface area contributed by atoms with Crippen molar-refractivity contribution in [1.82, 2.24) is 9.88 Å². The van der Waals surface area contributed by atoms with E-state index in [-0.39, 0.29) is 23.9 Å². The van der Waals surface area contributed by atoms with Gasteiger partial charge in [-0.2, -0.15) is 5.26 Å². The molecule has 2 aromatic rings. The molecular weight excluding hydrogens is 313 g/mol. The molecule has 0 radical (unpaired) electrons. The van der Waals surface area contributed by atoms with Crippen LogP contribution in [0.1, 0.15) is 12.0 Å². The second-order valence-corrected chi connectivity index (χ2v) is 5.88. The number of hydrogen-bond donors (Lipinski definition) is 0. The number of thioether (sulfide) groups is 1. The van der Waals surface area contributed by atoms with E-state index in [1.807, 2.05) is 12.1 Å². The topological polar surface area (TPSA) is 57.0 Å². The number of nitrogens with zero attached hydrogens (tertiary/aromatic N) is 3. The number of halogens is 1. The van der Waals surface area contributed by atoms with Gasteiger partial charge in [-0.15, -0.1) is 11.8 Å². The van der Waals surface area contributed by atoms with Crippen LogP contribution in [0.15, 0.2) is 53.7 Å². The molecule has 0 aliphatic rings. The highest BCUT2D eigenvalue weighted by Gasteiger charge is 2.14. The molecule has 4 nitrogen and oxygen atoms in total. The number of carbonyl (C=O) groups is 1. The summed E-state index contributed by atoms with van der Waals surface area (Å²) in [7, 11) is 0. The van der Waals surface area contributed by atoms with Crippen LogP contribution in [0.5, 0.6) is 0 Å². The summed E-state index contributed by atoms with van der Waals surface area (Å²) in [6.07, 6.45) is 3.67. The van der Waals surface area contributed by atoms with Crippen molar-refractivity contribution in [3.05, 3.63) is 60.2 Å². The molecule has 6 heteroatoms. The first kappa shape index (κ1) is 17.0. The fourth-order valence-electron chi connectivity index (χ4n) is 1.96. The van der Waals surface area contributed by atoms with Gasteiger partial charge in [0, 0.05) is 30.4 Å². The number of carbonyl (C=O) groups excluding carboxylic acids is 1. The van der Waals surface area contributed by atoms with Gasteiger partial charge in [0.05, 0.1) is 18.2 Å². The summed E-state index contributed by atoms with van der Waals surface area (Å²) in [5.74, 6) is -0.108. The van der Waals surface area contributed by atoms with E-state index < -0.39 is 0 Å². The first-order valence-corrected chi connectivity index (χ1v) is 8.09. The van der Waals surface area contributed by atoms with E-state index >= 15 is 0 Å². The molecule has 0 bridgehead atoms. The maximum atomic E-state index is 12.9. The lowest BCUT2D eigenvalue weighted by atomic mass is 10.2. The predicted molar refractivity (Wildman–Crippen MR) is 87.0 cm³/mol. The lowest BCUT2D eigenvalue weighted by Gasteiger charge is -2.21. The van der Waals surface area contributed by atoms with E-state index in [1.165, 1.54) is 23.9 Å². The second-order valence-electron chi connectivity index (χ2n) is 4.83. The Morgan fingerprint density at radius 2 is 2.09 bits per heavy atom. The van der Waals surface area contributed by atoms with Crippen LogP contribution in [0.3, 0.4) is 0 Å². The summed E-state index contributed by atoms with van der Waals surface area (Å²) in [6, 6.07) is 11.8. The second kappa shape index (κ2) is 8.91.